The van der Waals surface area contributed by atoms with Gasteiger partial charge in [0.15, 0.2) is 0 Å². The zero-order valence-corrected chi connectivity index (χ0v) is 18.0. The predicted molar refractivity (Wildman–Crippen MR) is 127 cm³/mol. The number of fused-ring (bicyclic) bond motifs is 1. The minimum absolute atomic E-state index is 0.425. The van der Waals surface area contributed by atoms with Gasteiger partial charge in [-0.25, -0.2) is 0 Å². The predicted octanol–water partition coefficient (Wildman–Crippen LogP) is 6.20. The molecule has 0 unspecified atom stereocenters. The lowest BCUT2D eigenvalue weighted by atomic mass is 10.0. The van der Waals surface area contributed by atoms with Gasteiger partial charge in [-0.2, -0.15) is 5.10 Å². The van der Waals surface area contributed by atoms with E-state index in [0.29, 0.717) is 18.2 Å². The Kier molecular flexibility index (Phi) is 6.70. The second-order valence-electron chi connectivity index (χ2n) is 7.02. The highest BCUT2D eigenvalue weighted by atomic mass is 35.5. The average Bonchev–Trinajstić information content (AvgIpc) is 2.81. The second kappa shape index (κ2) is 10.0. The molecule has 0 aromatic heterocycles. The molecule has 0 aliphatic rings. The first kappa shape index (κ1) is 20.8. The lowest BCUT2D eigenvalue weighted by Gasteiger charge is -2.12. The number of para-hydroxylation sites is 1. The minimum Gasteiger partial charge on any atom is -0.496 e. The van der Waals surface area contributed by atoms with E-state index in [2.05, 4.69) is 28.7 Å². The first-order valence-corrected chi connectivity index (χ1v) is 10.4. The summed E-state index contributed by atoms with van der Waals surface area (Å²) in [6.07, 6.45) is 1.81. The summed E-state index contributed by atoms with van der Waals surface area (Å²) in [5.74, 6) is 1.60. The van der Waals surface area contributed by atoms with Crippen LogP contribution in [0.3, 0.4) is 0 Å². The Bertz CT molecular complexity index is 1210. The summed E-state index contributed by atoms with van der Waals surface area (Å²) in [5, 5.41) is 7.36. The van der Waals surface area contributed by atoms with Gasteiger partial charge >= 0.3 is 0 Å². The Balaban J connectivity index is 1.55. The molecule has 4 aromatic carbocycles. The number of nitrogens with one attached hydrogen (secondary N) is 1. The number of halogens is 1. The lowest BCUT2D eigenvalue weighted by Crippen LogP contribution is -2.07. The molecule has 0 spiro atoms. The van der Waals surface area contributed by atoms with E-state index in [4.69, 9.17) is 21.1 Å². The molecule has 0 radical (unpaired) electrons. The number of hydrazone groups is 1. The lowest BCUT2D eigenvalue weighted by molar-refractivity contribution is 0.306. The monoisotopic (exact) mass is 430 g/mol. The highest BCUT2D eigenvalue weighted by molar-refractivity contribution is 6.30. The fraction of sp³-hybridized carbons (Fsp3) is 0.115. The van der Waals surface area contributed by atoms with Gasteiger partial charge in [0.1, 0.15) is 18.1 Å². The van der Waals surface area contributed by atoms with Gasteiger partial charge in [-0.1, -0.05) is 72.3 Å². The van der Waals surface area contributed by atoms with Gasteiger partial charge in [-0.05, 0) is 40.6 Å². The maximum absolute atomic E-state index is 6.14. The number of hydrogen-bond acceptors (Lipinski definition) is 4. The highest BCUT2D eigenvalue weighted by Crippen LogP contribution is 2.27. The van der Waals surface area contributed by atoms with Crippen molar-refractivity contribution in [1.82, 2.24) is 5.43 Å². The molecule has 0 aliphatic carbocycles. The number of methoxy groups -OCH3 is 1. The number of ether oxygens (including phenoxy) is 2. The van der Waals surface area contributed by atoms with E-state index in [-0.39, 0.29) is 0 Å². The molecule has 4 nitrogen and oxygen atoms in total. The number of benzene rings is 4. The van der Waals surface area contributed by atoms with Gasteiger partial charge in [-0.15, -0.1) is 0 Å². The highest BCUT2D eigenvalue weighted by Gasteiger charge is 2.08. The number of nitrogens with zero attached hydrogens (tertiary/aromatic N) is 1. The normalized spacial score (nSPS) is 11.0. The Morgan fingerprint density at radius 1 is 0.903 bits per heavy atom. The van der Waals surface area contributed by atoms with Gasteiger partial charge < -0.3 is 14.9 Å². The Labute approximate surface area is 187 Å². The quantitative estimate of drug-likeness (QED) is 0.267. The number of rotatable bonds is 8. The Hall–Kier alpha value is -3.50. The maximum Gasteiger partial charge on any atom is 0.129 e. The molecule has 156 valence electrons. The van der Waals surface area contributed by atoms with E-state index >= 15 is 0 Å². The first-order valence-electron chi connectivity index (χ1n) is 10.0. The number of hydrogen-bond donors (Lipinski definition) is 1. The van der Waals surface area contributed by atoms with E-state index < -0.39 is 0 Å². The van der Waals surface area contributed by atoms with Crippen LogP contribution in [-0.2, 0) is 13.2 Å². The van der Waals surface area contributed by atoms with Crippen molar-refractivity contribution >= 4 is 28.6 Å². The van der Waals surface area contributed by atoms with Crippen molar-refractivity contribution in [1.29, 1.82) is 0 Å². The van der Waals surface area contributed by atoms with Crippen molar-refractivity contribution in [3.8, 4) is 11.5 Å². The van der Waals surface area contributed by atoms with Crippen LogP contribution in [0.15, 0.2) is 90.0 Å². The average molecular weight is 431 g/mol. The molecular weight excluding hydrogens is 408 g/mol. The first-order chi connectivity index (χ1) is 15.2. The van der Waals surface area contributed by atoms with Crippen molar-refractivity contribution in [3.05, 3.63) is 107 Å². The standard InChI is InChI=1S/C26H23ClN2O2/c1-30-25-12-5-3-9-21(25)16-28-29-17-24-23-11-4-2-8-20(23)13-14-26(24)31-18-19-7-6-10-22(27)15-19/h2-15,17,28H,16,18H2,1H3/b29-17-. The van der Waals surface area contributed by atoms with Crippen molar-refractivity contribution in [3.63, 3.8) is 0 Å². The summed E-state index contributed by atoms with van der Waals surface area (Å²) in [4.78, 5) is 0. The van der Waals surface area contributed by atoms with Gasteiger partial charge in [0.25, 0.3) is 0 Å². The molecule has 5 heteroatoms. The summed E-state index contributed by atoms with van der Waals surface area (Å²) in [5.41, 5.74) is 6.09. The van der Waals surface area contributed by atoms with Crippen LogP contribution < -0.4 is 14.9 Å². The molecule has 4 aromatic rings. The molecule has 1 N–H and O–H groups in total. The summed E-state index contributed by atoms with van der Waals surface area (Å²) >= 11 is 6.10. The van der Waals surface area contributed by atoms with Crippen LogP contribution in [0.4, 0.5) is 0 Å². The topological polar surface area (TPSA) is 42.8 Å². The van der Waals surface area contributed by atoms with Gasteiger partial charge in [0.05, 0.1) is 19.9 Å². The largest absolute Gasteiger partial charge is 0.496 e. The molecule has 31 heavy (non-hydrogen) atoms. The zero-order chi connectivity index (χ0) is 21.5. The van der Waals surface area contributed by atoms with Crippen LogP contribution in [0, 0.1) is 0 Å². The van der Waals surface area contributed by atoms with Crippen molar-refractivity contribution in [2.45, 2.75) is 13.2 Å². The van der Waals surface area contributed by atoms with Crippen LogP contribution in [-0.4, -0.2) is 13.3 Å². The third-order valence-electron chi connectivity index (χ3n) is 4.96. The van der Waals surface area contributed by atoms with Crippen LogP contribution in [0.25, 0.3) is 10.8 Å². The van der Waals surface area contributed by atoms with Gasteiger partial charge in [-0.3, -0.25) is 0 Å². The molecule has 0 bridgehead atoms. The van der Waals surface area contributed by atoms with Crippen LogP contribution in [0.1, 0.15) is 16.7 Å². The summed E-state index contributed by atoms with van der Waals surface area (Å²) in [6, 6.07) is 27.8. The summed E-state index contributed by atoms with van der Waals surface area (Å²) < 4.78 is 11.5. The van der Waals surface area contributed by atoms with Gasteiger partial charge in [0.2, 0.25) is 0 Å². The van der Waals surface area contributed by atoms with Crippen LogP contribution in [0.5, 0.6) is 11.5 Å². The molecule has 0 aliphatic heterocycles. The van der Waals surface area contributed by atoms with Crippen LogP contribution in [0.2, 0.25) is 5.02 Å². The third kappa shape index (κ3) is 5.16. The van der Waals surface area contributed by atoms with E-state index in [1.165, 1.54) is 0 Å². The van der Waals surface area contributed by atoms with Crippen molar-refractivity contribution in [2.24, 2.45) is 5.10 Å². The zero-order valence-electron chi connectivity index (χ0n) is 17.2. The smallest absolute Gasteiger partial charge is 0.129 e. The van der Waals surface area contributed by atoms with Gasteiger partial charge in [0, 0.05) is 16.1 Å². The van der Waals surface area contributed by atoms with Crippen molar-refractivity contribution in [2.75, 3.05) is 7.11 Å². The molecule has 4 rings (SSSR count). The fourth-order valence-electron chi connectivity index (χ4n) is 3.41. The molecule has 0 saturated carbocycles. The SMILES string of the molecule is COc1ccccc1CN/N=C\c1c(OCc2cccc(Cl)c2)ccc2ccccc12. The Morgan fingerprint density at radius 2 is 1.74 bits per heavy atom. The fourth-order valence-corrected chi connectivity index (χ4v) is 3.63. The molecule has 0 amide bonds. The molecule has 0 fully saturated rings. The van der Waals surface area contributed by atoms with E-state index in [1.807, 2.05) is 72.9 Å². The van der Waals surface area contributed by atoms with E-state index in [1.54, 1.807) is 7.11 Å². The second-order valence-corrected chi connectivity index (χ2v) is 7.46. The third-order valence-corrected chi connectivity index (χ3v) is 5.20. The van der Waals surface area contributed by atoms with E-state index in [9.17, 15) is 0 Å². The van der Waals surface area contributed by atoms with E-state index in [0.717, 1.165) is 39.0 Å². The Morgan fingerprint density at radius 3 is 2.61 bits per heavy atom. The minimum atomic E-state index is 0.425. The molecule has 0 atom stereocenters. The molecule has 0 heterocycles. The molecule has 0 saturated heterocycles. The van der Waals surface area contributed by atoms with Crippen LogP contribution >= 0.6 is 11.6 Å². The maximum atomic E-state index is 6.14. The van der Waals surface area contributed by atoms with Crippen molar-refractivity contribution < 1.29 is 9.47 Å². The molecular formula is C26H23ClN2O2. The summed E-state index contributed by atoms with van der Waals surface area (Å²) in [6.45, 7) is 0.984. The summed E-state index contributed by atoms with van der Waals surface area (Å²) in [7, 11) is 1.67.